The average Bonchev–Trinajstić information content (AvgIpc) is 3.32. The quantitative estimate of drug-likeness (QED) is 0.284. The van der Waals surface area contributed by atoms with E-state index in [1.54, 1.807) is 54.6 Å². The Morgan fingerprint density at radius 3 is 2.44 bits per heavy atom. The molecule has 6 nitrogen and oxygen atoms in total. The highest BCUT2D eigenvalue weighted by atomic mass is 16.4. The van der Waals surface area contributed by atoms with Gasteiger partial charge in [0.1, 0.15) is 11.1 Å². The van der Waals surface area contributed by atoms with E-state index in [1.165, 1.54) is 0 Å². The summed E-state index contributed by atoms with van der Waals surface area (Å²) in [6.07, 6.45) is 0. The Morgan fingerprint density at radius 1 is 0.778 bits per heavy atom. The minimum atomic E-state index is -0.420. The SMILES string of the molecule is Cc1cccc(-c2nc3cc(NC(=O)c4ccc(-c5cc6ccccc6oc5=O)cc4)ccc3o2)c1. The molecule has 36 heavy (non-hydrogen) atoms. The van der Waals surface area contributed by atoms with Crippen molar-refractivity contribution in [1.29, 1.82) is 0 Å². The average molecular weight is 473 g/mol. The summed E-state index contributed by atoms with van der Waals surface area (Å²) in [6, 6.07) is 29.3. The highest BCUT2D eigenvalue weighted by Crippen LogP contribution is 2.27. The van der Waals surface area contributed by atoms with Crippen LogP contribution in [0.3, 0.4) is 0 Å². The van der Waals surface area contributed by atoms with E-state index < -0.39 is 5.63 Å². The molecule has 174 valence electrons. The van der Waals surface area contributed by atoms with E-state index in [0.29, 0.717) is 45.0 Å². The van der Waals surface area contributed by atoms with Crippen molar-refractivity contribution in [2.24, 2.45) is 0 Å². The number of benzene rings is 4. The maximum atomic E-state index is 12.9. The number of nitrogens with one attached hydrogen (secondary N) is 1. The van der Waals surface area contributed by atoms with Gasteiger partial charge in [0, 0.05) is 22.2 Å². The lowest BCUT2D eigenvalue weighted by Crippen LogP contribution is -2.11. The number of oxazole rings is 1. The highest BCUT2D eigenvalue weighted by molar-refractivity contribution is 6.05. The molecule has 2 heterocycles. The van der Waals surface area contributed by atoms with Crippen LogP contribution in [-0.2, 0) is 0 Å². The van der Waals surface area contributed by atoms with Crippen LogP contribution in [-0.4, -0.2) is 10.9 Å². The summed E-state index contributed by atoms with van der Waals surface area (Å²) in [5, 5.41) is 3.74. The maximum absolute atomic E-state index is 12.9. The second-order valence-electron chi connectivity index (χ2n) is 8.59. The van der Waals surface area contributed by atoms with E-state index in [2.05, 4.69) is 10.3 Å². The molecule has 0 bridgehead atoms. The molecule has 1 amide bonds. The lowest BCUT2D eigenvalue weighted by atomic mass is 10.0. The summed E-state index contributed by atoms with van der Waals surface area (Å²) >= 11 is 0. The minimum absolute atomic E-state index is 0.270. The molecule has 4 aromatic carbocycles. The Bertz CT molecular complexity index is 1810. The lowest BCUT2D eigenvalue weighted by molar-refractivity contribution is 0.102. The zero-order chi connectivity index (χ0) is 24.6. The number of aromatic nitrogens is 1. The van der Waals surface area contributed by atoms with Crippen molar-refractivity contribution in [2.45, 2.75) is 6.92 Å². The fourth-order valence-corrected chi connectivity index (χ4v) is 4.17. The molecular weight excluding hydrogens is 452 g/mol. The molecule has 0 aliphatic heterocycles. The lowest BCUT2D eigenvalue weighted by Gasteiger charge is -2.07. The van der Waals surface area contributed by atoms with E-state index >= 15 is 0 Å². The van der Waals surface area contributed by atoms with Gasteiger partial charge in [-0.15, -0.1) is 0 Å². The smallest absolute Gasteiger partial charge is 0.344 e. The van der Waals surface area contributed by atoms with E-state index in [-0.39, 0.29) is 5.91 Å². The third-order valence-electron chi connectivity index (χ3n) is 6.01. The third-order valence-corrected chi connectivity index (χ3v) is 6.01. The van der Waals surface area contributed by atoms with Gasteiger partial charge in [-0.3, -0.25) is 4.79 Å². The van der Waals surface area contributed by atoms with E-state index in [0.717, 1.165) is 16.5 Å². The zero-order valence-electron chi connectivity index (χ0n) is 19.3. The van der Waals surface area contributed by atoms with Gasteiger partial charge in [0.25, 0.3) is 5.91 Å². The normalized spacial score (nSPS) is 11.1. The van der Waals surface area contributed by atoms with Crippen LogP contribution < -0.4 is 10.9 Å². The van der Waals surface area contributed by atoms with E-state index in [4.69, 9.17) is 8.83 Å². The minimum Gasteiger partial charge on any atom is -0.436 e. The third kappa shape index (κ3) is 4.05. The summed E-state index contributed by atoms with van der Waals surface area (Å²) in [7, 11) is 0. The second-order valence-corrected chi connectivity index (χ2v) is 8.59. The van der Waals surface area contributed by atoms with Gasteiger partial charge in [0.05, 0.1) is 5.56 Å². The van der Waals surface area contributed by atoms with Crippen LogP contribution in [0.4, 0.5) is 5.69 Å². The van der Waals surface area contributed by atoms with Crippen LogP contribution in [0.5, 0.6) is 0 Å². The number of rotatable bonds is 4. The van der Waals surface area contributed by atoms with Crippen molar-refractivity contribution >= 4 is 33.7 Å². The van der Waals surface area contributed by atoms with Crippen molar-refractivity contribution in [1.82, 2.24) is 4.98 Å². The molecule has 0 spiro atoms. The van der Waals surface area contributed by atoms with Gasteiger partial charge in [-0.05, 0) is 67.1 Å². The fraction of sp³-hybridized carbons (Fsp3) is 0.0333. The first-order chi connectivity index (χ1) is 17.5. The van der Waals surface area contributed by atoms with E-state index in [9.17, 15) is 9.59 Å². The number of amides is 1. The molecule has 0 saturated heterocycles. The van der Waals surface area contributed by atoms with Gasteiger partial charge >= 0.3 is 5.63 Å². The van der Waals surface area contributed by atoms with Crippen molar-refractivity contribution in [2.75, 3.05) is 5.32 Å². The summed E-state index contributed by atoms with van der Waals surface area (Å²) in [4.78, 5) is 29.9. The Labute approximate surface area is 205 Å². The molecule has 0 aliphatic rings. The van der Waals surface area contributed by atoms with Crippen molar-refractivity contribution < 1.29 is 13.6 Å². The predicted molar refractivity (Wildman–Crippen MR) is 140 cm³/mol. The predicted octanol–water partition coefficient (Wildman–Crippen LogP) is 6.83. The van der Waals surface area contributed by atoms with Gasteiger partial charge in [0.2, 0.25) is 5.89 Å². The Hall–Kier alpha value is -4.97. The number of anilines is 1. The number of aryl methyl sites for hydroxylation is 1. The van der Waals surface area contributed by atoms with Crippen molar-refractivity contribution in [3.63, 3.8) is 0 Å². The van der Waals surface area contributed by atoms with Gasteiger partial charge in [-0.1, -0.05) is 48.0 Å². The standard InChI is InChI=1S/C30H20N2O4/c1-18-5-4-7-22(15-18)29-32-25-17-23(13-14-27(25)35-29)31-28(33)20-11-9-19(10-12-20)24-16-21-6-2-3-8-26(21)36-30(24)34/h2-17H,1H3,(H,31,33). The molecule has 0 fully saturated rings. The summed E-state index contributed by atoms with van der Waals surface area (Å²) in [5.74, 6) is 0.264. The van der Waals surface area contributed by atoms with Gasteiger partial charge in [-0.25, -0.2) is 9.78 Å². The van der Waals surface area contributed by atoms with E-state index in [1.807, 2.05) is 49.4 Å². The molecule has 0 radical (unpaired) electrons. The van der Waals surface area contributed by atoms with Gasteiger partial charge < -0.3 is 14.2 Å². The number of hydrogen-bond donors (Lipinski definition) is 1. The van der Waals surface area contributed by atoms with Crippen LogP contribution in [0.2, 0.25) is 0 Å². The van der Waals surface area contributed by atoms with Crippen LogP contribution in [0.25, 0.3) is 44.7 Å². The Kier molecular flexibility index (Phi) is 5.19. The van der Waals surface area contributed by atoms with Crippen LogP contribution in [0, 0.1) is 6.92 Å². The Balaban J connectivity index is 1.23. The fourth-order valence-electron chi connectivity index (χ4n) is 4.17. The molecule has 1 N–H and O–H groups in total. The molecule has 6 aromatic rings. The maximum Gasteiger partial charge on any atom is 0.344 e. The van der Waals surface area contributed by atoms with Crippen molar-refractivity contribution in [3.05, 3.63) is 119 Å². The summed E-state index contributed by atoms with van der Waals surface area (Å²) < 4.78 is 11.3. The Morgan fingerprint density at radius 2 is 1.61 bits per heavy atom. The number of carbonyl (C=O) groups excluding carboxylic acids is 1. The highest BCUT2D eigenvalue weighted by Gasteiger charge is 2.13. The molecule has 0 unspecified atom stereocenters. The molecule has 6 rings (SSSR count). The first-order valence-electron chi connectivity index (χ1n) is 11.5. The number of nitrogens with zero attached hydrogens (tertiary/aromatic N) is 1. The van der Waals surface area contributed by atoms with Gasteiger partial charge in [-0.2, -0.15) is 0 Å². The molecule has 0 atom stereocenters. The number of hydrogen-bond acceptors (Lipinski definition) is 5. The number of fused-ring (bicyclic) bond motifs is 2. The van der Waals surface area contributed by atoms with Crippen molar-refractivity contribution in [3.8, 4) is 22.6 Å². The van der Waals surface area contributed by atoms with Crippen LogP contribution in [0.1, 0.15) is 15.9 Å². The summed E-state index contributed by atoms with van der Waals surface area (Å²) in [5.41, 5.74) is 5.63. The number of carbonyl (C=O) groups is 1. The second kappa shape index (κ2) is 8.67. The molecule has 0 saturated carbocycles. The number of para-hydroxylation sites is 1. The topological polar surface area (TPSA) is 85.3 Å². The molecular formula is C30H20N2O4. The zero-order valence-corrected chi connectivity index (χ0v) is 19.3. The first-order valence-corrected chi connectivity index (χ1v) is 11.5. The first kappa shape index (κ1) is 21.6. The molecule has 2 aromatic heterocycles. The summed E-state index contributed by atoms with van der Waals surface area (Å²) in [6.45, 7) is 2.02. The van der Waals surface area contributed by atoms with Gasteiger partial charge in [0.15, 0.2) is 5.58 Å². The largest absolute Gasteiger partial charge is 0.436 e. The van der Waals surface area contributed by atoms with Crippen LogP contribution >= 0.6 is 0 Å². The monoisotopic (exact) mass is 472 g/mol. The molecule has 0 aliphatic carbocycles. The van der Waals surface area contributed by atoms with Crippen LogP contribution in [0.15, 0.2) is 111 Å². The molecule has 6 heteroatoms.